The molecule has 0 unspecified atom stereocenters. The van der Waals surface area contributed by atoms with Crippen LogP contribution in [-0.4, -0.2) is 12.6 Å². The largest absolute Gasteiger partial charge is 0.458 e. The van der Waals surface area contributed by atoms with E-state index in [1.807, 2.05) is 24.3 Å². The number of benzene rings is 2. The molecule has 0 fully saturated rings. The van der Waals surface area contributed by atoms with Crippen molar-refractivity contribution >= 4 is 16.7 Å². The van der Waals surface area contributed by atoms with E-state index in [1.165, 1.54) is 16.3 Å². The minimum Gasteiger partial charge on any atom is -0.458 e. The molecule has 2 aromatic rings. The third-order valence-corrected chi connectivity index (χ3v) is 3.07. The predicted molar refractivity (Wildman–Crippen MR) is 66.7 cm³/mol. The molecule has 1 heterocycles. The highest BCUT2D eigenvalue weighted by molar-refractivity contribution is 5.93. The SMILES string of the molecule is O=C1OCC=C1Cc1cccc2ccccc12. The first-order valence-corrected chi connectivity index (χ1v) is 5.67. The Hall–Kier alpha value is -2.09. The lowest BCUT2D eigenvalue weighted by molar-refractivity contribution is -0.136. The molecule has 3 rings (SSSR count). The second-order valence-electron chi connectivity index (χ2n) is 4.14. The van der Waals surface area contributed by atoms with Crippen molar-refractivity contribution in [3.63, 3.8) is 0 Å². The lowest BCUT2D eigenvalue weighted by Gasteiger charge is -2.05. The first-order valence-electron chi connectivity index (χ1n) is 5.67. The average Bonchev–Trinajstić information content (AvgIpc) is 2.76. The number of hydrogen-bond donors (Lipinski definition) is 0. The Morgan fingerprint density at radius 1 is 1.06 bits per heavy atom. The number of rotatable bonds is 2. The summed E-state index contributed by atoms with van der Waals surface area (Å²) >= 11 is 0. The molecule has 0 bridgehead atoms. The minimum atomic E-state index is -0.182. The zero-order valence-electron chi connectivity index (χ0n) is 9.35. The Morgan fingerprint density at radius 3 is 2.71 bits per heavy atom. The quantitative estimate of drug-likeness (QED) is 0.733. The van der Waals surface area contributed by atoms with Crippen molar-refractivity contribution < 1.29 is 9.53 Å². The summed E-state index contributed by atoms with van der Waals surface area (Å²) in [5.74, 6) is -0.182. The molecule has 0 radical (unpaired) electrons. The number of esters is 1. The normalized spacial score (nSPS) is 14.8. The summed E-state index contributed by atoms with van der Waals surface area (Å²) in [6.45, 7) is 0.416. The molecule has 0 saturated heterocycles. The van der Waals surface area contributed by atoms with Gasteiger partial charge in [0.15, 0.2) is 0 Å². The van der Waals surface area contributed by atoms with Gasteiger partial charge in [-0.1, -0.05) is 42.5 Å². The van der Waals surface area contributed by atoms with Crippen LogP contribution >= 0.6 is 0 Å². The number of fused-ring (bicyclic) bond motifs is 1. The van der Waals surface area contributed by atoms with Crippen molar-refractivity contribution in [1.29, 1.82) is 0 Å². The molecule has 0 aliphatic carbocycles. The van der Waals surface area contributed by atoms with Gasteiger partial charge in [0.05, 0.1) is 0 Å². The molecule has 0 aromatic heterocycles. The highest BCUT2D eigenvalue weighted by Gasteiger charge is 2.17. The van der Waals surface area contributed by atoms with Gasteiger partial charge in [-0.15, -0.1) is 0 Å². The Morgan fingerprint density at radius 2 is 1.88 bits per heavy atom. The van der Waals surface area contributed by atoms with E-state index < -0.39 is 0 Å². The predicted octanol–water partition coefficient (Wildman–Crippen LogP) is 2.87. The molecule has 2 heteroatoms. The van der Waals surface area contributed by atoms with Crippen LogP contribution < -0.4 is 0 Å². The van der Waals surface area contributed by atoms with Crippen molar-refractivity contribution in [2.75, 3.05) is 6.61 Å². The van der Waals surface area contributed by atoms with E-state index in [0.717, 1.165) is 5.57 Å². The van der Waals surface area contributed by atoms with Crippen LogP contribution in [0.25, 0.3) is 10.8 Å². The zero-order chi connectivity index (χ0) is 11.7. The summed E-state index contributed by atoms with van der Waals surface area (Å²) in [4.78, 5) is 11.4. The number of cyclic esters (lactones) is 1. The van der Waals surface area contributed by atoms with Crippen molar-refractivity contribution in [3.8, 4) is 0 Å². The number of ether oxygens (including phenoxy) is 1. The molecule has 0 N–H and O–H groups in total. The van der Waals surface area contributed by atoms with Gasteiger partial charge in [0.2, 0.25) is 0 Å². The molecule has 1 aliphatic heterocycles. The van der Waals surface area contributed by atoms with E-state index in [0.29, 0.717) is 13.0 Å². The van der Waals surface area contributed by atoms with Crippen LogP contribution in [0.4, 0.5) is 0 Å². The monoisotopic (exact) mass is 224 g/mol. The van der Waals surface area contributed by atoms with Crippen LogP contribution in [-0.2, 0) is 16.0 Å². The smallest absolute Gasteiger partial charge is 0.334 e. The average molecular weight is 224 g/mol. The zero-order valence-corrected chi connectivity index (χ0v) is 9.35. The minimum absolute atomic E-state index is 0.182. The third-order valence-electron chi connectivity index (χ3n) is 3.07. The molecule has 0 atom stereocenters. The first kappa shape index (κ1) is 10.1. The van der Waals surface area contributed by atoms with Crippen LogP contribution in [0.15, 0.2) is 54.1 Å². The Bertz CT molecular complexity index is 606. The van der Waals surface area contributed by atoms with Crippen molar-refractivity contribution in [3.05, 3.63) is 59.7 Å². The van der Waals surface area contributed by atoms with Crippen molar-refractivity contribution in [1.82, 2.24) is 0 Å². The summed E-state index contributed by atoms with van der Waals surface area (Å²) in [5, 5.41) is 2.41. The molecular formula is C15H12O2. The maximum atomic E-state index is 11.4. The van der Waals surface area contributed by atoms with Gasteiger partial charge in [-0.05, 0) is 22.4 Å². The van der Waals surface area contributed by atoms with Gasteiger partial charge in [-0.25, -0.2) is 4.79 Å². The van der Waals surface area contributed by atoms with Gasteiger partial charge in [-0.2, -0.15) is 0 Å². The second-order valence-corrected chi connectivity index (χ2v) is 4.14. The van der Waals surface area contributed by atoms with Gasteiger partial charge in [0.25, 0.3) is 0 Å². The standard InChI is InChI=1S/C15H12O2/c16-15-13(8-9-17-15)10-12-6-3-5-11-4-1-2-7-14(11)12/h1-8H,9-10H2. The van der Waals surface area contributed by atoms with Gasteiger partial charge in [0.1, 0.15) is 6.61 Å². The van der Waals surface area contributed by atoms with Crippen LogP contribution in [0, 0.1) is 0 Å². The lowest BCUT2D eigenvalue weighted by atomic mass is 9.99. The highest BCUT2D eigenvalue weighted by atomic mass is 16.5. The summed E-state index contributed by atoms with van der Waals surface area (Å²) in [6.07, 6.45) is 2.52. The summed E-state index contributed by atoms with van der Waals surface area (Å²) < 4.78 is 4.92. The Labute approximate surface area is 99.5 Å². The molecule has 0 saturated carbocycles. The fraction of sp³-hybridized carbons (Fsp3) is 0.133. The van der Waals surface area contributed by atoms with Crippen LogP contribution in [0.3, 0.4) is 0 Å². The molecule has 2 nitrogen and oxygen atoms in total. The van der Waals surface area contributed by atoms with Gasteiger partial charge >= 0.3 is 5.97 Å². The number of carbonyl (C=O) groups is 1. The van der Waals surface area contributed by atoms with Gasteiger partial charge < -0.3 is 4.74 Å². The van der Waals surface area contributed by atoms with Crippen LogP contribution in [0.5, 0.6) is 0 Å². The van der Waals surface area contributed by atoms with Gasteiger partial charge in [-0.3, -0.25) is 0 Å². The molecule has 17 heavy (non-hydrogen) atoms. The fourth-order valence-corrected chi connectivity index (χ4v) is 2.19. The van der Waals surface area contributed by atoms with E-state index >= 15 is 0 Å². The third kappa shape index (κ3) is 1.82. The summed E-state index contributed by atoms with van der Waals surface area (Å²) in [6, 6.07) is 14.4. The van der Waals surface area contributed by atoms with E-state index in [4.69, 9.17) is 4.74 Å². The van der Waals surface area contributed by atoms with Crippen LogP contribution in [0.2, 0.25) is 0 Å². The molecule has 2 aromatic carbocycles. The van der Waals surface area contributed by atoms with E-state index in [2.05, 4.69) is 24.3 Å². The lowest BCUT2D eigenvalue weighted by Crippen LogP contribution is -2.02. The molecule has 0 spiro atoms. The molecule has 0 amide bonds. The first-order chi connectivity index (χ1) is 8.34. The van der Waals surface area contributed by atoms with Crippen molar-refractivity contribution in [2.24, 2.45) is 0 Å². The topological polar surface area (TPSA) is 26.3 Å². The van der Waals surface area contributed by atoms with E-state index in [1.54, 1.807) is 0 Å². The molecule has 1 aliphatic rings. The summed E-state index contributed by atoms with van der Waals surface area (Å²) in [7, 11) is 0. The Kier molecular flexibility index (Phi) is 2.41. The Balaban J connectivity index is 2.03. The summed E-state index contributed by atoms with van der Waals surface area (Å²) in [5.41, 5.74) is 1.94. The van der Waals surface area contributed by atoms with E-state index in [-0.39, 0.29) is 5.97 Å². The maximum Gasteiger partial charge on any atom is 0.334 e. The fourth-order valence-electron chi connectivity index (χ4n) is 2.19. The van der Waals surface area contributed by atoms with Gasteiger partial charge in [0, 0.05) is 12.0 Å². The molecular weight excluding hydrogens is 212 g/mol. The van der Waals surface area contributed by atoms with Crippen molar-refractivity contribution in [2.45, 2.75) is 6.42 Å². The second kappa shape index (κ2) is 4.06. The maximum absolute atomic E-state index is 11.4. The molecule has 84 valence electrons. The number of carbonyl (C=O) groups excluding carboxylic acids is 1. The van der Waals surface area contributed by atoms with E-state index in [9.17, 15) is 4.79 Å². The number of hydrogen-bond acceptors (Lipinski definition) is 2. The highest BCUT2D eigenvalue weighted by Crippen LogP contribution is 2.22. The van der Waals surface area contributed by atoms with Crippen LogP contribution in [0.1, 0.15) is 5.56 Å².